The van der Waals surface area contributed by atoms with Gasteiger partial charge in [0.25, 0.3) is 0 Å². The van der Waals surface area contributed by atoms with Crippen LogP contribution in [0.15, 0.2) is 30.8 Å². The zero-order chi connectivity index (χ0) is 20.3. The largest absolute Gasteiger partial charge is 0.333 e. The van der Waals surface area contributed by atoms with Crippen molar-refractivity contribution in [3.63, 3.8) is 0 Å². The maximum atomic E-state index is 12.5. The number of amides is 2. The first kappa shape index (κ1) is 22.4. The Morgan fingerprint density at radius 2 is 1.81 bits per heavy atom. The van der Waals surface area contributed by atoms with Crippen LogP contribution < -0.4 is 10.6 Å². The van der Waals surface area contributed by atoms with Crippen LogP contribution in [0.2, 0.25) is 0 Å². The molecule has 6 nitrogen and oxygen atoms in total. The fourth-order valence-electron chi connectivity index (χ4n) is 2.78. The Balaban J connectivity index is 2.84. The van der Waals surface area contributed by atoms with Crippen LogP contribution in [0.25, 0.3) is 5.57 Å². The first-order valence-electron chi connectivity index (χ1n) is 8.56. The van der Waals surface area contributed by atoms with E-state index in [9.17, 15) is 19.1 Å². The summed E-state index contributed by atoms with van der Waals surface area (Å²) in [7, 11) is -4.18. The molecule has 1 atom stereocenters. The number of carbonyl (C=O) groups is 1. The van der Waals surface area contributed by atoms with Gasteiger partial charge in [-0.2, -0.15) is 0 Å². The normalized spacial score (nSPS) is 13.8. The van der Waals surface area contributed by atoms with Gasteiger partial charge in [0.05, 0.1) is 11.2 Å². The molecule has 7 heteroatoms. The molecule has 0 radical (unpaired) electrons. The van der Waals surface area contributed by atoms with Gasteiger partial charge in [-0.25, -0.2) is 4.79 Å². The Morgan fingerprint density at radius 1 is 1.23 bits per heavy atom. The SMILES string of the molecule is C=C(C)c1cccc(C(C)(C)NC(=O)NC(C)(C)CC(C)P(=O)(O)O)c1. The third-order valence-corrected chi connectivity index (χ3v) is 5.67. The molecule has 0 aromatic heterocycles. The number of urea groups is 1. The lowest BCUT2D eigenvalue weighted by atomic mass is 9.91. The number of allylic oxidation sites excluding steroid dienone is 1. The standard InChI is InChI=1S/C19H31N2O4P/c1-13(2)15-9-8-10-16(11-15)19(6,7)21-17(22)20-18(4,5)12-14(3)26(23,24)25/h8-11,14H,1,12H2,2-7H3,(H2,20,21,22)(H2,23,24,25). The van der Waals surface area contributed by atoms with Crippen LogP contribution >= 0.6 is 7.60 Å². The van der Waals surface area contributed by atoms with Crippen LogP contribution in [0.3, 0.4) is 0 Å². The molecule has 1 aromatic rings. The number of carbonyl (C=O) groups excluding carboxylic acids is 1. The Kier molecular flexibility index (Phi) is 6.86. The zero-order valence-electron chi connectivity index (χ0n) is 16.5. The van der Waals surface area contributed by atoms with Gasteiger partial charge in [-0.05, 0) is 58.2 Å². The van der Waals surface area contributed by atoms with Crippen molar-refractivity contribution in [3.05, 3.63) is 42.0 Å². The minimum absolute atomic E-state index is 0.163. The Morgan fingerprint density at radius 3 is 2.31 bits per heavy atom. The van der Waals surface area contributed by atoms with Gasteiger partial charge >= 0.3 is 13.6 Å². The highest BCUT2D eigenvalue weighted by molar-refractivity contribution is 7.52. The van der Waals surface area contributed by atoms with Crippen LogP contribution in [-0.4, -0.2) is 27.0 Å². The summed E-state index contributed by atoms with van der Waals surface area (Å²) in [6, 6.07) is 7.43. The monoisotopic (exact) mass is 382 g/mol. The first-order valence-corrected chi connectivity index (χ1v) is 10.2. The average Bonchev–Trinajstić information content (AvgIpc) is 2.44. The van der Waals surface area contributed by atoms with E-state index >= 15 is 0 Å². The fraction of sp³-hybridized carbons (Fsp3) is 0.526. The van der Waals surface area contributed by atoms with Crippen LogP contribution in [0, 0.1) is 0 Å². The average molecular weight is 382 g/mol. The third-order valence-electron chi connectivity index (χ3n) is 4.33. The predicted octanol–water partition coefficient (Wildman–Crippen LogP) is 3.99. The van der Waals surface area contributed by atoms with Crippen LogP contribution in [0.5, 0.6) is 0 Å². The lowest BCUT2D eigenvalue weighted by molar-refractivity contribution is 0.216. The van der Waals surface area contributed by atoms with E-state index in [0.717, 1.165) is 16.7 Å². The smallest absolute Gasteiger partial charge is 0.328 e. The van der Waals surface area contributed by atoms with Crippen molar-refractivity contribution in [3.8, 4) is 0 Å². The molecule has 1 aromatic carbocycles. The van der Waals surface area contributed by atoms with E-state index in [1.807, 2.05) is 45.0 Å². The quantitative estimate of drug-likeness (QED) is 0.536. The van der Waals surface area contributed by atoms with Gasteiger partial charge in [-0.15, -0.1) is 0 Å². The van der Waals surface area contributed by atoms with Gasteiger partial charge in [-0.1, -0.05) is 37.3 Å². The molecule has 0 aliphatic carbocycles. The summed E-state index contributed by atoms with van der Waals surface area (Å²) in [5.41, 5.74) is 0.668. The van der Waals surface area contributed by atoms with Gasteiger partial charge in [-0.3, -0.25) is 4.57 Å². The molecular formula is C19H31N2O4P. The molecule has 4 N–H and O–H groups in total. The van der Waals surface area contributed by atoms with Crippen molar-refractivity contribution in [2.75, 3.05) is 0 Å². The minimum atomic E-state index is -4.18. The summed E-state index contributed by atoms with van der Waals surface area (Å²) in [6.45, 7) is 14.6. The number of nitrogens with one attached hydrogen (secondary N) is 2. The molecular weight excluding hydrogens is 351 g/mol. The molecule has 0 fully saturated rings. The van der Waals surface area contributed by atoms with Crippen molar-refractivity contribution >= 4 is 19.2 Å². The van der Waals surface area contributed by atoms with Gasteiger partial charge < -0.3 is 20.4 Å². The van der Waals surface area contributed by atoms with E-state index in [4.69, 9.17) is 0 Å². The molecule has 1 unspecified atom stereocenters. The van der Waals surface area contributed by atoms with E-state index < -0.39 is 30.4 Å². The Bertz CT molecular complexity index is 722. The summed E-state index contributed by atoms with van der Waals surface area (Å²) in [4.78, 5) is 31.0. The first-order chi connectivity index (χ1) is 11.6. The van der Waals surface area contributed by atoms with Gasteiger partial charge in [0.2, 0.25) is 0 Å². The van der Waals surface area contributed by atoms with Crippen molar-refractivity contribution in [2.24, 2.45) is 0 Å². The van der Waals surface area contributed by atoms with E-state index in [1.54, 1.807) is 13.8 Å². The molecule has 2 amide bonds. The topological polar surface area (TPSA) is 98.7 Å². The maximum absolute atomic E-state index is 12.5. The number of rotatable bonds is 7. The lowest BCUT2D eigenvalue weighted by Gasteiger charge is -2.33. The van der Waals surface area contributed by atoms with Gasteiger partial charge in [0.1, 0.15) is 0 Å². The van der Waals surface area contributed by atoms with Crippen LogP contribution in [0.1, 0.15) is 59.1 Å². The molecule has 146 valence electrons. The highest BCUT2D eigenvalue weighted by Crippen LogP contribution is 2.44. The summed E-state index contributed by atoms with van der Waals surface area (Å²) < 4.78 is 11.4. The van der Waals surface area contributed by atoms with Crippen LogP contribution in [0.4, 0.5) is 4.79 Å². The number of hydrogen-bond acceptors (Lipinski definition) is 2. The number of hydrogen-bond donors (Lipinski definition) is 4. The third kappa shape index (κ3) is 6.60. The van der Waals surface area contributed by atoms with Crippen molar-refractivity contribution in [1.82, 2.24) is 10.6 Å². The zero-order valence-corrected chi connectivity index (χ0v) is 17.4. The predicted molar refractivity (Wildman–Crippen MR) is 106 cm³/mol. The summed E-state index contributed by atoms with van der Waals surface area (Å²) in [5, 5.41) is 5.74. The van der Waals surface area contributed by atoms with Crippen LogP contribution in [-0.2, 0) is 10.1 Å². The van der Waals surface area contributed by atoms with E-state index in [-0.39, 0.29) is 6.42 Å². The second-order valence-corrected chi connectivity index (χ2v) is 10.2. The maximum Gasteiger partial charge on any atom is 0.328 e. The molecule has 0 aliphatic rings. The Labute approximate surface area is 156 Å². The highest BCUT2D eigenvalue weighted by Gasteiger charge is 2.33. The highest BCUT2D eigenvalue weighted by atomic mass is 31.2. The van der Waals surface area contributed by atoms with E-state index in [1.165, 1.54) is 6.92 Å². The Hall–Kier alpha value is -1.62. The molecule has 0 saturated carbocycles. The summed E-state index contributed by atoms with van der Waals surface area (Å²) in [6.07, 6.45) is 0.163. The summed E-state index contributed by atoms with van der Waals surface area (Å²) in [5.74, 6) is 0. The van der Waals surface area contributed by atoms with Gasteiger partial charge in [0, 0.05) is 5.54 Å². The molecule has 26 heavy (non-hydrogen) atoms. The van der Waals surface area contributed by atoms with E-state index in [2.05, 4.69) is 17.2 Å². The second-order valence-electron chi connectivity index (χ2n) is 8.09. The number of benzene rings is 1. The fourth-order valence-corrected chi connectivity index (χ4v) is 3.47. The molecule has 0 aliphatic heterocycles. The van der Waals surface area contributed by atoms with Gasteiger partial charge in [0.15, 0.2) is 0 Å². The molecule has 0 heterocycles. The minimum Gasteiger partial charge on any atom is -0.333 e. The van der Waals surface area contributed by atoms with Crippen molar-refractivity contribution in [2.45, 2.75) is 64.7 Å². The van der Waals surface area contributed by atoms with Crippen molar-refractivity contribution < 1.29 is 19.1 Å². The second kappa shape index (κ2) is 7.95. The molecule has 0 spiro atoms. The molecule has 0 saturated heterocycles. The van der Waals surface area contributed by atoms with E-state index in [0.29, 0.717) is 0 Å². The molecule has 1 rings (SSSR count). The summed E-state index contributed by atoms with van der Waals surface area (Å²) >= 11 is 0. The van der Waals surface area contributed by atoms with Crippen molar-refractivity contribution in [1.29, 1.82) is 0 Å². The molecule has 0 bridgehead atoms. The lowest BCUT2D eigenvalue weighted by Crippen LogP contribution is -2.53.